The fourth-order valence-corrected chi connectivity index (χ4v) is 3.68. The molecule has 4 rings (SSSR count). The minimum atomic E-state index is -0.201. The summed E-state index contributed by atoms with van der Waals surface area (Å²) in [6, 6.07) is 10.4. The van der Waals surface area contributed by atoms with E-state index in [4.69, 9.17) is 15.7 Å². The van der Waals surface area contributed by atoms with E-state index in [1.807, 2.05) is 19.3 Å². The van der Waals surface area contributed by atoms with Crippen molar-refractivity contribution in [3.05, 3.63) is 47.9 Å². The average Bonchev–Trinajstić information content (AvgIpc) is 3.07. The molecule has 0 bridgehead atoms. The third-order valence-electron chi connectivity index (χ3n) is 5.30. The number of hydrogen-bond acceptors (Lipinski definition) is 5. The molecule has 1 aliphatic rings. The quantitative estimate of drug-likeness (QED) is 0.746. The fraction of sp³-hybridized carbons (Fsp3) is 0.400. The van der Waals surface area contributed by atoms with E-state index in [1.54, 1.807) is 4.68 Å². The smallest absolute Gasteiger partial charge is 0.220 e. The molecule has 27 heavy (non-hydrogen) atoms. The predicted molar refractivity (Wildman–Crippen MR) is 104 cm³/mol. The van der Waals surface area contributed by atoms with Gasteiger partial charge in [0.2, 0.25) is 5.91 Å². The molecule has 0 aliphatic carbocycles. The van der Waals surface area contributed by atoms with Crippen molar-refractivity contribution in [1.29, 1.82) is 0 Å². The number of primary amides is 1. The minimum Gasteiger partial charge on any atom is -0.369 e. The number of carbonyl (C=O) groups excluding carboxylic acids is 1. The lowest BCUT2D eigenvalue weighted by Crippen LogP contribution is -2.39. The van der Waals surface area contributed by atoms with Gasteiger partial charge in [-0.05, 0) is 24.8 Å². The molecule has 3 heterocycles. The zero-order chi connectivity index (χ0) is 18.8. The number of carbonyl (C=O) groups is 1. The summed E-state index contributed by atoms with van der Waals surface area (Å²) in [4.78, 5) is 23.3. The first-order valence-corrected chi connectivity index (χ1v) is 9.38. The van der Waals surface area contributed by atoms with Gasteiger partial charge in [-0.15, -0.1) is 0 Å². The number of benzene rings is 1. The number of anilines is 1. The SMILES string of the molecule is Cn1ncc2c(N3CCC(C(N)=O)CC3)nc(CCc3ccccc3)nc21. The molecular weight excluding hydrogens is 340 g/mol. The highest BCUT2D eigenvalue weighted by atomic mass is 16.1. The molecule has 140 valence electrons. The molecule has 1 aromatic carbocycles. The van der Waals surface area contributed by atoms with Crippen molar-refractivity contribution < 1.29 is 4.79 Å². The van der Waals surface area contributed by atoms with Gasteiger partial charge in [0.25, 0.3) is 0 Å². The number of rotatable bonds is 5. The van der Waals surface area contributed by atoms with Gasteiger partial charge < -0.3 is 10.6 Å². The topological polar surface area (TPSA) is 89.9 Å². The molecular formula is C20H24N6O. The molecule has 3 aromatic rings. The van der Waals surface area contributed by atoms with Crippen LogP contribution in [0.4, 0.5) is 5.82 Å². The van der Waals surface area contributed by atoms with E-state index in [2.05, 4.69) is 34.3 Å². The van der Waals surface area contributed by atoms with Gasteiger partial charge >= 0.3 is 0 Å². The van der Waals surface area contributed by atoms with Crippen molar-refractivity contribution in [2.75, 3.05) is 18.0 Å². The second kappa shape index (κ2) is 7.34. The molecule has 7 nitrogen and oxygen atoms in total. The molecule has 1 saturated heterocycles. The zero-order valence-corrected chi connectivity index (χ0v) is 15.5. The van der Waals surface area contributed by atoms with Crippen molar-refractivity contribution in [3.8, 4) is 0 Å². The van der Waals surface area contributed by atoms with Gasteiger partial charge in [-0.25, -0.2) is 9.97 Å². The Hall–Kier alpha value is -2.96. The molecule has 1 aliphatic heterocycles. The Morgan fingerprint density at radius 3 is 2.59 bits per heavy atom. The Bertz CT molecular complexity index is 944. The van der Waals surface area contributed by atoms with E-state index in [9.17, 15) is 4.79 Å². The van der Waals surface area contributed by atoms with Gasteiger partial charge in [-0.3, -0.25) is 9.48 Å². The number of piperidine rings is 1. The third-order valence-corrected chi connectivity index (χ3v) is 5.30. The van der Waals surface area contributed by atoms with Gasteiger partial charge in [-0.2, -0.15) is 5.10 Å². The average molecular weight is 364 g/mol. The van der Waals surface area contributed by atoms with Crippen molar-refractivity contribution in [2.24, 2.45) is 18.7 Å². The van der Waals surface area contributed by atoms with E-state index in [1.165, 1.54) is 5.56 Å². The Kier molecular flexibility index (Phi) is 4.75. The van der Waals surface area contributed by atoms with Crippen LogP contribution in [-0.2, 0) is 24.7 Å². The highest BCUT2D eigenvalue weighted by molar-refractivity contribution is 5.87. The number of fused-ring (bicyclic) bond motifs is 1. The Balaban J connectivity index is 1.60. The maximum absolute atomic E-state index is 11.5. The van der Waals surface area contributed by atoms with Crippen molar-refractivity contribution in [1.82, 2.24) is 19.7 Å². The molecule has 2 aromatic heterocycles. The van der Waals surface area contributed by atoms with Gasteiger partial charge in [0.1, 0.15) is 11.6 Å². The first-order chi connectivity index (χ1) is 13.1. The van der Waals surface area contributed by atoms with E-state index in [0.717, 1.165) is 61.4 Å². The summed E-state index contributed by atoms with van der Waals surface area (Å²) in [5.74, 6) is 1.50. The maximum Gasteiger partial charge on any atom is 0.220 e. The molecule has 7 heteroatoms. The second-order valence-electron chi connectivity index (χ2n) is 7.12. The number of hydrogen-bond donors (Lipinski definition) is 1. The largest absolute Gasteiger partial charge is 0.369 e. The number of nitrogens with zero attached hydrogens (tertiary/aromatic N) is 5. The zero-order valence-electron chi connectivity index (χ0n) is 15.5. The summed E-state index contributed by atoms with van der Waals surface area (Å²) < 4.78 is 1.79. The summed E-state index contributed by atoms with van der Waals surface area (Å²) in [5.41, 5.74) is 7.59. The lowest BCUT2D eigenvalue weighted by atomic mass is 9.96. The van der Waals surface area contributed by atoms with Crippen molar-refractivity contribution >= 4 is 22.8 Å². The van der Waals surface area contributed by atoms with Gasteiger partial charge in [0.05, 0.1) is 11.6 Å². The van der Waals surface area contributed by atoms with Crippen LogP contribution in [0.25, 0.3) is 11.0 Å². The summed E-state index contributed by atoms with van der Waals surface area (Å²) >= 11 is 0. The molecule has 1 fully saturated rings. The Morgan fingerprint density at radius 2 is 1.89 bits per heavy atom. The van der Waals surface area contributed by atoms with E-state index in [-0.39, 0.29) is 11.8 Å². The lowest BCUT2D eigenvalue weighted by molar-refractivity contribution is -0.122. The summed E-state index contributed by atoms with van der Waals surface area (Å²) in [5, 5.41) is 5.32. The van der Waals surface area contributed by atoms with Crippen LogP contribution < -0.4 is 10.6 Å². The Morgan fingerprint density at radius 1 is 1.15 bits per heavy atom. The summed E-state index contributed by atoms with van der Waals surface area (Å²) in [7, 11) is 1.90. The summed E-state index contributed by atoms with van der Waals surface area (Å²) in [6.07, 6.45) is 5.02. The maximum atomic E-state index is 11.5. The standard InChI is InChI=1S/C20H24N6O/c1-25-19-16(13-22-25)20(26-11-9-15(10-12-26)18(21)27)24-17(23-19)8-7-14-5-3-2-4-6-14/h2-6,13,15H,7-12H2,1H3,(H2,21,27). The van der Waals surface area contributed by atoms with E-state index < -0.39 is 0 Å². The number of amides is 1. The first-order valence-electron chi connectivity index (χ1n) is 9.38. The lowest BCUT2D eigenvalue weighted by Gasteiger charge is -2.31. The minimum absolute atomic E-state index is 0.0370. The van der Waals surface area contributed by atoms with Crippen LogP contribution in [0.15, 0.2) is 36.5 Å². The molecule has 2 N–H and O–H groups in total. The van der Waals surface area contributed by atoms with Crippen molar-refractivity contribution in [2.45, 2.75) is 25.7 Å². The van der Waals surface area contributed by atoms with Gasteiger partial charge in [-0.1, -0.05) is 30.3 Å². The molecule has 0 atom stereocenters. The molecule has 0 spiro atoms. The van der Waals surface area contributed by atoms with Gasteiger partial charge in [0, 0.05) is 32.5 Å². The first kappa shape index (κ1) is 17.5. The predicted octanol–water partition coefficient (Wildman–Crippen LogP) is 1.85. The second-order valence-corrected chi connectivity index (χ2v) is 7.12. The van der Waals surface area contributed by atoms with Gasteiger partial charge in [0.15, 0.2) is 5.65 Å². The normalized spacial score (nSPS) is 15.4. The highest BCUT2D eigenvalue weighted by Gasteiger charge is 2.26. The van der Waals surface area contributed by atoms with Crippen LogP contribution in [-0.4, -0.2) is 38.7 Å². The number of aryl methyl sites for hydroxylation is 3. The highest BCUT2D eigenvalue weighted by Crippen LogP contribution is 2.28. The van der Waals surface area contributed by atoms with Crippen molar-refractivity contribution in [3.63, 3.8) is 0 Å². The van der Waals surface area contributed by atoms with Crippen LogP contribution in [0.5, 0.6) is 0 Å². The number of aromatic nitrogens is 4. The van der Waals surface area contributed by atoms with Crippen LogP contribution in [0, 0.1) is 5.92 Å². The Labute approximate surface area is 158 Å². The van der Waals surface area contributed by atoms with E-state index in [0.29, 0.717) is 0 Å². The van der Waals surface area contributed by atoms with E-state index >= 15 is 0 Å². The van der Waals surface area contributed by atoms with Crippen LogP contribution >= 0.6 is 0 Å². The molecule has 0 saturated carbocycles. The molecule has 1 amide bonds. The third kappa shape index (κ3) is 3.63. The van der Waals surface area contributed by atoms with Crippen LogP contribution in [0.2, 0.25) is 0 Å². The summed E-state index contributed by atoms with van der Waals surface area (Å²) in [6.45, 7) is 1.54. The number of nitrogens with two attached hydrogens (primary N) is 1. The molecule has 0 radical (unpaired) electrons. The van der Waals surface area contributed by atoms with Crippen LogP contribution in [0.1, 0.15) is 24.2 Å². The monoisotopic (exact) mass is 364 g/mol. The van der Waals surface area contributed by atoms with Crippen LogP contribution in [0.3, 0.4) is 0 Å². The fourth-order valence-electron chi connectivity index (χ4n) is 3.68. The molecule has 0 unspecified atom stereocenters.